The number of fused-ring (bicyclic) bond motifs is 1. The van der Waals surface area contributed by atoms with Crippen LogP contribution in [0.4, 0.5) is 5.13 Å². The molecule has 0 saturated carbocycles. The number of halogens is 1. The minimum Gasteiger partial charge on any atom is -0.298 e. The molecule has 1 aliphatic carbocycles. The van der Waals surface area contributed by atoms with Crippen LogP contribution >= 0.6 is 22.9 Å². The number of aromatic nitrogens is 1. The second-order valence-electron chi connectivity index (χ2n) is 6.20. The van der Waals surface area contributed by atoms with E-state index in [2.05, 4.69) is 24.1 Å². The molecule has 6 heteroatoms. The van der Waals surface area contributed by atoms with Crippen LogP contribution in [0.1, 0.15) is 46.0 Å². The Morgan fingerprint density at radius 3 is 2.64 bits per heavy atom. The van der Waals surface area contributed by atoms with Crippen LogP contribution in [0.5, 0.6) is 0 Å². The van der Waals surface area contributed by atoms with Crippen LogP contribution in [0.25, 0.3) is 0 Å². The van der Waals surface area contributed by atoms with Crippen molar-refractivity contribution in [1.82, 2.24) is 4.98 Å². The molecule has 0 unspecified atom stereocenters. The number of hydrogen-bond acceptors (Lipinski definition) is 4. The van der Waals surface area contributed by atoms with Crippen molar-refractivity contribution in [3.63, 3.8) is 0 Å². The molecule has 0 aliphatic heterocycles. The smallest absolute Gasteiger partial charge is 0.257 e. The highest BCUT2D eigenvalue weighted by Crippen LogP contribution is 2.38. The highest BCUT2D eigenvalue weighted by molar-refractivity contribution is 7.17. The molecule has 4 nitrogen and oxygen atoms in total. The average molecular weight is 335 g/mol. The van der Waals surface area contributed by atoms with E-state index in [0.29, 0.717) is 27.0 Å². The van der Waals surface area contributed by atoms with Gasteiger partial charge < -0.3 is 0 Å². The van der Waals surface area contributed by atoms with Crippen molar-refractivity contribution >= 4 is 39.8 Å². The molecule has 0 bridgehead atoms. The number of nitrogens with one attached hydrogen (secondary N) is 1. The van der Waals surface area contributed by atoms with E-state index in [0.717, 1.165) is 12.1 Å². The summed E-state index contributed by atoms with van der Waals surface area (Å²) in [6.07, 6.45) is 1.27. The molecule has 0 fully saturated rings. The quantitative estimate of drug-likeness (QED) is 0.895. The van der Waals surface area contributed by atoms with E-state index >= 15 is 0 Å². The molecule has 1 aromatic heterocycles. The molecule has 1 aromatic carbocycles. The van der Waals surface area contributed by atoms with E-state index in [9.17, 15) is 9.59 Å². The lowest BCUT2D eigenvalue weighted by molar-refractivity contribution is 0.0915. The van der Waals surface area contributed by atoms with Gasteiger partial charge in [-0.2, -0.15) is 0 Å². The van der Waals surface area contributed by atoms with E-state index in [1.165, 1.54) is 11.3 Å². The first-order valence-electron chi connectivity index (χ1n) is 6.94. The van der Waals surface area contributed by atoms with Crippen LogP contribution in [0.3, 0.4) is 0 Å². The Kier molecular flexibility index (Phi) is 3.78. The largest absolute Gasteiger partial charge is 0.298 e. The SMILES string of the molecule is CC1(C)CC(=O)c2sc(NC(=O)c3ccc(Cl)cc3)nc2C1. The van der Waals surface area contributed by atoms with Crippen molar-refractivity contribution in [2.75, 3.05) is 5.32 Å². The Hall–Kier alpha value is -1.72. The van der Waals surface area contributed by atoms with Gasteiger partial charge in [-0.15, -0.1) is 0 Å². The Balaban J connectivity index is 1.81. The third kappa shape index (κ3) is 3.05. The van der Waals surface area contributed by atoms with Crippen LogP contribution in [0.2, 0.25) is 5.02 Å². The van der Waals surface area contributed by atoms with Gasteiger partial charge in [0.1, 0.15) is 0 Å². The lowest BCUT2D eigenvalue weighted by atomic mass is 9.78. The number of thiazole rings is 1. The maximum Gasteiger partial charge on any atom is 0.257 e. The number of nitrogens with zero attached hydrogens (tertiary/aromatic N) is 1. The molecule has 0 radical (unpaired) electrons. The van der Waals surface area contributed by atoms with E-state index in [4.69, 9.17) is 11.6 Å². The summed E-state index contributed by atoms with van der Waals surface area (Å²) in [5, 5.41) is 3.80. The maximum atomic E-state index is 12.2. The monoisotopic (exact) mass is 334 g/mol. The predicted molar refractivity (Wildman–Crippen MR) is 88.0 cm³/mol. The number of Topliss-reactive ketones (excluding diaryl/α,β-unsaturated/α-hetero) is 1. The van der Waals surface area contributed by atoms with Gasteiger partial charge in [0.15, 0.2) is 10.9 Å². The third-order valence-corrected chi connectivity index (χ3v) is 4.87. The number of rotatable bonds is 2. The molecule has 0 saturated heterocycles. The zero-order valence-electron chi connectivity index (χ0n) is 12.3. The number of ketones is 1. The van der Waals surface area contributed by atoms with E-state index in [1.54, 1.807) is 24.3 Å². The Bertz CT molecular complexity index is 750. The van der Waals surface area contributed by atoms with E-state index in [-0.39, 0.29) is 17.1 Å². The number of amides is 1. The molecule has 2 aromatic rings. The summed E-state index contributed by atoms with van der Waals surface area (Å²) in [4.78, 5) is 29.4. The number of hydrogen-bond donors (Lipinski definition) is 1. The van der Waals surface area contributed by atoms with Gasteiger partial charge >= 0.3 is 0 Å². The van der Waals surface area contributed by atoms with Gasteiger partial charge in [-0.1, -0.05) is 36.8 Å². The zero-order chi connectivity index (χ0) is 15.9. The van der Waals surface area contributed by atoms with Crippen LogP contribution in [-0.2, 0) is 6.42 Å². The first-order chi connectivity index (χ1) is 10.3. The van der Waals surface area contributed by atoms with Crippen molar-refractivity contribution in [3.05, 3.63) is 45.4 Å². The van der Waals surface area contributed by atoms with Crippen molar-refractivity contribution in [2.45, 2.75) is 26.7 Å². The number of anilines is 1. The summed E-state index contributed by atoms with van der Waals surface area (Å²) in [7, 11) is 0. The van der Waals surface area contributed by atoms with Gasteiger partial charge in [0.2, 0.25) is 0 Å². The van der Waals surface area contributed by atoms with Crippen LogP contribution in [-0.4, -0.2) is 16.7 Å². The highest BCUT2D eigenvalue weighted by Gasteiger charge is 2.34. The first kappa shape index (κ1) is 15.2. The lowest BCUT2D eigenvalue weighted by Crippen LogP contribution is -2.26. The highest BCUT2D eigenvalue weighted by atomic mass is 35.5. The predicted octanol–water partition coefficient (Wildman–Crippen LogP) is 4.20. The van der Waals surface area contributed by atoms with Gasteiger partial charge in [0, 0.05) is 17.0 Å². The van der Waals surface area contributed by atoms with Crippen LogP contribution < -0.4 is 5.32 Å². The van der Waals surface area contributed by atoms with Gasteiger partial charge in [-0.05, 0) is 36.1 Å². The second-order valence-corrected chi connectivity index (χ2v) is 7.63. The normalized spacial score (nSPS) is 16.2. The lowest BCUT2D eigenvalue weighted by Gasteiger charge is -2.26. The molecule has 1 heterocycles. The molecule has 114 valence electrons. The zero-order valence-corrected chi connectivity index (χ0v) is 13.8. The first-order valence-corrected chi connectivity index (χ1v) is 8.13. The van der Waals surface area contributed by atoms with Crippen molar-refractivity contribution < 1.29 is 9.59 Å². The molecule has 1 amide bonds. The summed E-state index contributed by atoms with van der Waals surface area (Å²) in [5.41, 5.74) is 1.22. The third-order valence-electron chi connectivity index (χ3n) is 3.56. The Morgan fingerprint density at radius 1 is 1.27 bits per heavy atom. The molecule has 0 atom stereocenters. The Labute approximate surface area is 137 Å². The summed E-state index contributed by atoms with van der Waals surface area (Å²) in [5.74, 6) is -0.148. The molecule has 1 N–H and O–H groups in total. The van der Waals surface area contributed by atoms with Crippen molar-refractivity contribution in [3.8, 4) is 0 Å². The van der Waals surface area contributed by atoms with Gasteiger partial charge in [-0.25, -0.2) is 4.98 Å². The molecular weight excluding hydrogens is 320 g/mol. The van der Waals surface area contributed by atoms with Gasteiger partial charge in [0.05, 0.1) is 10.6 Å². The van der Waals surface area contributed by atoms with Gasteiger partial charge in [0.25, 0.3) is 5.91 Å². The fourth-order valence-electron chi connectivity index (χ4n) is 2.54. The molecule has 0 spiro atoms. The molecule has 1 aliphatic rings. The number of carbonyl (C=O) groups is 2. The van der Waals surface area contributed by atoms with Crippen LogP contribution in [0.15, 0.2) is 24.3 Å². The summed E-state index contributed by atoms with van der Waals surface area (Å²) in [6.45, 7) is 4.11. The van der Waals surface area contributed by atoms with Crippen molar-refractivity contribution in [1.29, 1.82) is 0 Å². The standard InChI is InChI=1S/C16H15ClN2O2S/c1-16(2)7-11-13(12(20)8-16)22-15(18-11)19-14(21)9-3-5-10(17)6-4-9/h3-6H,7-8H2,1-2H3,(H,18,19,21). The second kappa shape index (κ2) is 5.48. The number of benzene rings is 1. The summed E-state index contributed by atoms with van der Waals surface area (Å²) in [6, 6.07) is 6.63. The molecule has 22 heavy (non-hydrogen) atoms. The summed E-state index contributed by atoms with van der Waals surface area (Å²) < 4.78 is 0. The fraction of sp³-hybridized carbons (Fsp3) is 0.312. The topological polar surface area (TPSA) is 59.1 Å². The summed E-state index contributed by atoms with van der Waals surface area (Å²) >= 11 is 7.06. The fourth-order valence-corrected chi connectivity index (χ4v) is 3.58. The Morgan fingerprint density at radius 2 is 1.95 bits per heavy atom. The maximum absolute atomic E-state index is 12.2. The minimum atomic E-state index is -0.255. The van der Waals surface area contributed by atoms with E-state index < -0.39 is 0 Å². The number of carbonyl (C=O) groups excluding carboxylic acids is 2. The molecular formula is C16H15ClN2O2S. The van der Waals surface area contributed by atoms with Crippen molar-refractivity contribution in [2.24, 2.45) is 5.41 Å². The minimum absolute atomic E-state index is 0.0738. The average Bonchev–Trinajstić information content (AvgIpc) is 2.80. The van der Waals surface area contributed by atoms with Crippen LogP contribution in [0, 0.1) is 5.41 Å². The van der Waals surface area contributed by atoms with Gasteiger partial charge in [-0.3, -0.25) is 14.9 Å². The van der Waals surface area contributed by atoms with E-state index in [1.807, 2.05) is 0 Å². The molecule has 3 rings (SSSR count).